The lowest BCUT2D eigenvalue weighted by Crippen LogP contribution is -2.06. The monoisotopic (exact) mass is 277 g/mol. The molecule has 2 aromatic carbocycles. The van der Waals surface area contributed by atoms with Gasteiger partial charge >= 0.3 is 0 Å². The van der Waals surface area contributed by atoms with Gasteiger partial charge in [-0.2, -0.15) is 0 Å². The van der Waals surface area contributed by atoms with Crippen molar-refractivity contribution < 1.29 is 0 Å². The van der Waals surface area contributed by atoms with Crippen LogP contribution in [0, 0.1) is 6.92 Å². The molecule has 0 amide bonds. The molecule has 0 aliphatic heterocycles. The number of nitrogens with one attached hydrogen (secondary N) is 1. The highest BCUT2D eigenvalue weighted by Gasteiger charge is 2.04. The number of hydrogen-bond donors (Lipinski definition) is 2. The molecule has 0 bridgehead atoms. The topological polar surface area (TPSA) is 50.9 Å². The van der Waals surface area contributed by atoms with Crippen molar-refractivity contribution in [2.45, 2.75) is 13.3 Å². The molecule has 3 rings (SSSR count). The fourth-order valence-corrected chi connectivity index (χ4v) is 2.55. The first kappa shape index (κ1) is 13.4. The summed E-state index contributed by atoms with van der Waals surface area (Å²) in [7, 11) is 0. The second-order valence-corrected chi connectivity index (χ2v) is 5.27. The summed E-state index contributed by atoms with van der Waals surface area (Å²) in [5, 5.41) is 4.46. The Balaban J connectivity index is 1.75. The van der Waals surface area contributed by atoms with Crippen LogP contribution in [-0.2, 0) is 6.42 Å². The molecule has 1 heterocycles. The van der Waals surface area contributed by atoms with Crippen molar-refractivity contribution in [3.05, 3.63) is 65.9 Å². The molecule has 0 aliphatic rings. The Hall–Kier alpha value is -2.55. The van der Waals surface area contributed by atoms with Gasteiger partial charge in [-0.15, -0.1) is 0 Å². The van der Waals surface area contributed by atoms with Gasteiger partial charge in [0.25, 0.3) is 0 Å². The number of hydrogen-bond acceptors (Lipinski definition) is 3. The molecule has 3 heteroatoms. The van der Waals surface area contributed by atoms with Crippen molar-refractivity contribution >= 4 is 22.3 Å². The zero-order chi connectivity index (χ0) is 14.7. The number of rotatable bonds is 4. The average Bonchev–Trinajstić information content (AvgIpc) is 2.50. The van der Waals surface area contributed by atoms with Crippen molar-refractivity contribution in [1.29, 1.82) is 0 Å². The highest BCUT2D eigenvalue weighted by atomic mass is 14.9. The third kappa shape index (κ3) is 2.97. The van der Waals surface area contributed by atoms with Crippen LogP contribution in [-0.4, -0.2) is 11.5 Å². The van der Waals surface area contributed by atoms with Crippen molar-refractivity contribution in [2.24, 2.45) is 0 Å². The molecule has 0 spiro atoms. The van der Waals surface area contributed by atoms with E-state index in [1.54, 1.807) is 6.20 Å². The summed E-state index contributed by atoms with van der Waals surface area (Å²) >= 11 is 0. The van der Waals surface area contributed by atoms with Gasteiger partial charge in [-0.05, 0) is 43.2 Å². The first-order valence-corrected chi connectivity index (χ1v) is 7.16. The molecule has 0 atom stereocenters. The Bertz CT molecular complexity index is 765. The van der Waals surface area contributed by atoms with Gasteiger partial charge in [-0.3, -0.25) is 4.98 Å². The van der Waals surface area contributed by atoms with Crippen LogP contribution in [0.2, 0.25) is 0 Å². The maximum atomic E-state index is 5.99. The molecule has 0 saturated carbocycles. The van der Waals surface area contributed by atoms with E-state index in [0.29, 0.717) is 0 Å². The second-order valence-electron chi connectivity index (χ2n) is 5.27. The number of pyridine rings is 1. The van der Waals surface area contributed by atoms with Crippen LogP contribution in [0.5, 0.6) is 0 Å². The minimum atomic E-state index is 0.766. The van der Waals surface area contributed by atoms with E-state index < -0.39 is 0 Å². The number of aryl methyl sites for hydroxylation is 1. The first-order valence-electron chi connectivity index (χ1n) is 7.16. The van der Waals surface area contributed by atoms with Crippen LogP contribution in [0.3, 0.4) is 0 Å². The van der Waals surface area contributed by atoms with E-state index in [1.807, 2.05) is 24.3 Å². The minimum Gasteiger partial charge on any atom is -0.398 e. The second kappa shape index (κ2) is 5.83. The average molecular weight is 277 g/mol. The summed E-state index contributed by atoms with van der Waals surface area (Å²) in [5.41, 5.74) is 11.4. The Morgan fingerprint density at radius 2 is 2.00 bits per heavy atom. The van der Waals surface area contributed by atoms with E-state index in [0.717, 1.165) is 35.2 Å². The van der Waals surface area contributed by atoms with Crippen LogP contribution in [0.4, 0.5) is 11.4 Å². The van der Waals surface area contributed by atoms with Crippen LogP contribution in [0.1, 0.15) is 11.1 Å². The number of nitrogens with zero attached hydrogens (tertiary/aromatic N) is 1. The lowest BCUT2D eigenvalue weighted by molar-refractivity contribution is 1.02. The van der Waals surface area contributed by atoms with E-state index >= 15 is 0 Å². The molecule has 3 nitrogen and oxygen atoms in total. The van der Waals surface area contributed by atoms with Crippen LogP contribution >= 0.6 is 0 Å². The van der Waals surface area contributed by atoms with Gasteiger partial charge in [-0.1, -0.05) is 29.8 Å². The summed E-state index contributed by atoms with van der Waals surface area (Å²) in [6.07, 6.45) is 2.79. The lowest BCUT2D eigenvalue weighted by atomic mass is 10.1. The third-order valence-electron chi connectivity index (χ3n) is 3.62. The standard InChI is InChI=1S/C18H19N3/c1-13-4-2-5-14(12-13)9-11-20-17-8-7-16(19)15-6-3-10-21-18(15)17/h2-8,10,12,20H,9,11,19H2,1H3. The molecule has 0 fully saturated rings. The van der Waals surface area contributed by atoms with E-state index in [9.17, 15) is 0 Å². The Kier molecular flexibility index (Phi) is 3.73. The maximum Gasteiger partial charge on any atom is 0.0953 e. The smallest absolute Gasteiger partial charge is 0.0953 e. The number of fused-ring (bicyclic) bond motifs is 1. The molecule has 3 N–H and O–H groups in total. The number of anilines is 2. The summed E-state index contributed by atoms with van der Waals surface area (Å²) in [4.78, 5) is 4.44. The molecular formula is C18H19N3. The first-order chi connectivity index (χ1) is 10.2. The van der Waals surface area contributed by atoms with E-state index in [4.69, 9.17) is 5.73 Å². The largest absolute Gasteiger partial charge is 0.398 e. The minimum absolute atomic E-state index is 0.766. The van der Waals surface area contributed by atoms with E-state index in [-0.39, 0.29) is 0 Å². The number of benzene rings is 2. The van der Waals surface area contributed by atoms with Gasteiger partial charge in [0, 0.05) is 23.8 Å². The zero-order valence-electron chi connectivity index (χ0n) is 12.1. The molecule has 21 heavy (non-hydrogen) atoms. The van der Waals surface area contributed by atoms with Gasteiger partial charge in [0.1, 0.15) is 0 Å². The molecule has 0 saturated heterocycles. The lowest BCUT2D eigenvalue weighted by Gasteiger charge is -2.10. The molecule has 0 unspecified atom stereocenters. The molecule has 0 radical (unpaired) electrons. The Labute approximate surface area is 124 Å². The van der Waals surface area contributed by atoms with Gasteiger partial charge in [-0.25, -0.2) is 0 Å². The van der Waals surface area contributed by atoms with E-state index in [2.05, 4.69) is 41.5 Å². The zero-order valence-corrected chi connectivity index (χ0v) is 12.1. The van der Waals surface area contributed by atoms with Gasteiger partial charge < -0.3 is 11.1 Å². The SMILES string of the molecule is Cc1cccc(CCNc2ccc(N)c3cccnc23)c1. The van der Waals surface area contributed by atoms with Crippen LogP contribution in [0.25, 0.3) is 10.9 Å². The third-order valence-corrected chi connectivity index (χ3v) is 3.62. The number of nitrogens with two attached hydrogens (primary N) is 1. The predicted molar refractivity (Wildman–Crippen MR) is 89.5 cm³/mol. The fourth-order valence-electron chi connectivity index (χ4n) is 2.55. The number of aromatic nitrogens is 1. The van der Waals surface area contributed by atoms with Gasteiger partial charge in [0.05, 0.1) is 11.2 Å². The van der Waals surface area contributed by atoms with Crippen LogP contribution < -0.4 is 11.1 Å². The van der Waals surface area contributed by atoms with Gasteiger partial charge in [0.15, 0.2) is 0 Å². The number of nitrogen functional groups attached to an aromatic ring is 1. The summed E-state index contributed by atoms with van der Waals surface area (Å²) in [6, 6.07) is 16.5. The van der Waals surface area contributed by atoms with Crippen molar-refractivity contribution in [1.82, 2.24) is 4.98 Å². The normalized spacial score (nSPS) is 10.7. The molecule has 106 valence electrons. The van der Waals surface area contributed by atoms with Crippen molar-refractivity contribution in [2.75, 3.05) is 17.6 Å². The Morgan fingerprint density at radius 3 is 2.86 bits per heavy atom. The highest BCUT2D eigenvalue weighted by Crippen LogP contribution is 2.26. The Morgan fingerprint density at radius 1 is 1.10 bits per heavy atom. The highest BCUT2D eigenvalue weighted by molar-refractivity contribution is 5.98. The summed E-state index contributed by atoms with van der Waals surface area (Å²) in [6.45, 7) is 2.99. The molecular weight excluding hydrogens is 258 g/mol. The molecule has 1 aromatic heterocycles. The molecule has 0 aliphatic carbocycles. The maximum absolute atomic E-state index is 5.99. The van der Waals surface area contributed by atoms with E-state index in [1.165, 1.54) is 11.1 Å². The summed E-state index contributed by atoms with van der Waals surface area (Å²) < 4.78 is 0. The van der Waals surface area contributed by atoms with Gasteiger partial charge in [0.2, 0.25) is 0 Å². The quantitative estimate of drug-likeness (QED) is 0.713. The van der Waals surface area contributed by atoms with Crippen molar-refractivity contribution in [3.63, 3.8) is 0 Å². The van der Waals surface area contributed by atoms with Crippen LogP contribution in [0.15, 0.2) is 54.7 Å². The predicted octanol–water partition coefficient (Wildman–Crippen LogP) is 3.78. The fraction of sp³-hybridized carbons (Fsp3) is 0.167. The van der Waals surface area contributed by atoms with Crippen molar-refractivity contribution in [3.8, 4) is 0 Å². The molecule has 3 aromatic rings. The summed E-state index contributed by atoms with van der Waals surface area (Å²) in [5.74, 6) is 0.